The van der Waals surface area contributed by atoms with E-state index in [1.54, 1.807) is 24.3 Å². The molecule has 6 nitrogen and oxygen atoms in total. The van der Waals surface area contributed by atoms with E-state index in [0.29, 0.717) is 40.0 Å². The molecule has 172 valence electrons. The van der Waals surface area contributed by atoms with E-state index in [-0.39, 0.29) is 0 Å². The van der Waals surface area contributed by atoms with Gasteiger partial charge in [-0.3, -0.25) is 0 Å². The second kappa shape index (κ2) is 8.61. The molecule has 1 aliphatic carbocycles. The number of sulfone groups is 1. The first-order chi connectivity index (χ1) is 15.8. The van der Waals surface area contributed by atoms with Crippen molar-refractivity contribution in [1.29, 1.82) is 0 Å². The molecule has 2 unspecified atom stereocenters. The third kappa shape index (κ3) is 4.57. The van der Waals surface area contributed by atoms with Gasteiger partial charge in [0, 0.05) is 37.7 Å². The molecule has 0 radical (unpaired) electrons. The van der Waals surface area contributed by atoms with E-state index in [2.05, 4.69) is 21.8 Å². The van der Waals surface area contributed by atoms with Crippen LogP contribution in [0.5, 0.6) is 5.75 Å². The minimum Gasteiger partial charge on any atom is -0.492 e. The minimum absolute atomic E-state index is 0.301. The largest absolute Gasteiger partial charge is 0.492 e. The van der Waals surface area contributed by atoms with Crippen LogP contribution in [0.25, 0.3) is 11.1 Å². The van der Waals surface area contributed by atoms with Gasteiger partial charge in [-0.25, -0.2) is 18.4 Å². The van der Waals surface area contributed by atoms with Crippen molar-refractivity contribution >= 4 is 27.4 Å². The molecule has 3 aromatic rings. The van der Waals surface area contributed by atoms with Gasteiger partial charge in [-0.1, -0.05) is 36.7 Å². The molecule has 2 fully saturated rings. The van der Waals surface area contributed by atoms with Crippen LogP contribution in [0.15, 0.2) is 59.8 Å². The number of hydrogen-bond donors (Lipinski definition) is 0. The number of rotatable bonds is 7. The molecule has 1 aliphatic heterocycles. The lowest BCUT2D eigenvalue weighted by Crippen LogP contribution is -2.27. The molecule has 8 heteroatoms. The van der Waals surface area contributed by atoms with Crippen molar-refractivity contribution in [3.8, 4) is 16.9 Å². The van der Waals surface area contributed by atoms with Crippen LogP contribution in [0, 0.1) is 17.8 Å². The summed E-state index contributed by atoms with van der Waals surface area (Å²) in [5.74, 6) is 3.27. The van der Waals surface area contributed by atoms with Gasteiger partial charge in [0.25, 0.3) is 0 Å². The zero-order valence-electron chi connectivity index (χ0n) is 18.6. The highest BCUT2D eigenvalue weighted by Crippen LogP contribution is 2.52. The lowest BCUT2D eigenvalue weighted by Gasteiger charge is -2.20. The van der Waals surface area contributed by atoms with Gasteiger partial charge < -0.3 is 9.64 Å². The van der Waals surface area contributed by atoms with Crippen LogP contribution in [0.3, 0.4) is 0 Å². The zero-order valence-corrected chi connectivity index (χ0v) is 20.2. The van der Waals surface area contributed by atoms with Crippen LogP contribution in [-0.4, -0.2) is 44.3 Å². The molecule has 2 aliphatic rings. The van der Waals surface area contributed by atoms with Gasteiger partial charge in [0.1, 0.15) is 5.75 Å². The van der Waals surface area contributed by atoms with Gasteiger partial charge >= 0.3 is 0 Å². The highest BCUT2D eigenvalue weighted by molar-refractivity contribution is 7.90. The number of piperidine rings is 1. The van der Waals surface area contributed by atoms with Crippen LogP contribution in [0.1, 0.15) is 12.5 Å². The van der Waals surface area contributed by atoms with E-state index >= 15 is 0 Å². The number of aryl methyl sites for hydroxylation is 1. The summed E-state index contributed by atoms with van der Waals surface area (Å²) in [6.07, 6.45) is 5.98. The second-order valence-electron chi connectivity index (χ2n) is 8.89. The van der Waals surface area contributed by atoms with E-state index in [1.165, 1.54) is 6.26 Å². The highest BCUT2D eigenvalue weighted by Gasteiger charge is 2.56. The Morgan fingerprint density at radius 2 is 1.67 bits per heavy atom. The number of hydrogen-bond acceptors (Lipinski definition) is 6. The maximum Gasteiger partial charge on any atom is 0.225 e. The van der Waals surface area contributed by atoms with Crippen molar-refractivity contribution in [1.82, 2.24) is 9.97 Å². The fourth-order valence-electron chi connectivity index (χ4n) is 4.63. The number of anilines is 1. The zero-order chi connectivity index (χ0) is 23.2. The van der Waals surface area contributed by atoms with Gasteiger partial charge in [-0.05, 0) is 59.2 Å². The maximum atomic E-state index is 11.7. The van der Waals surface area contributed by atoms with Crippen LogP contribution >= 0.6 is 11.6 Å². The molecule has 3 atom stereocenters. The topological polar surface area (TPSA) is 72.4 Å². The van der Waals surface area contributed by atoms with Crippen LogP contribution in [0.4, 0.5) is 5.95 Å². The van der Waals surface area contributed by atoms with Gasteiger partial charge in [-0.2, -0.15) is 0 Å². The first-order valence-electron chi connectivity index (χ1n) is 11.1. The van der Waals surface area contributed by atoms with E-state index in [1.807, 2.05) is 30.6 Å². The van der Waals surface area contributed by atoms with Gasteiger partial charge in [0.05, 0.1) is 16.5 Å². The van der Waals surface area contributed by atoms with Crippen LogP contribution in [0.2, 0.25) is 5.02 Å². The van der Waals surface area contributed by atoms with Crippen molar-refractivity contribution in [2.24, 2.45) is 17.8 Å². The molecule has 1 saturated carbocycles. The predicted molar refractivity (Wildman–Crippen MR) is 130 cm³/mol. The third-order valence-electron chi connectivity index (χ3n) is 6.73. The van der Waals surface area contributed by atoms with E-state index in [0.717, 1.165) is 42.1 Å². The SMILES string of the molecule is CCc1cnc(N2CC3C(COc4ccc(-c5ccc(S(C)(=O)=O)cc5)cc4Cl)[C@@H]3C2)nc1. The maximum absolute atomic E-state index is 11.7. The number of benzene rings is 2. The molecule has 0 N–H and O–H groups in total. The number of ether oxygens (including phenoxy) is 1. The molecule has 1 saturated heterocycles. The average Bonchev–Trinajstić information content (AvgIpc) is 3.26. The summed E-state index contributed by atoms with van der Waals surface area (Å²) in [5, 5.41) is 0.552. The second-order valence-corrected chi connectivity index (χ2v) is 11.3. The van der Waals surface area contributed by atoms with Gasteiger partial charge in [0.2, 0.25) is 5.95 Å². The van der Waals surface area contributed by atoms with E-state index in [4.69, 9.17) is 16.3 Å². The van der Waals surface area contributed by atoms with E-state index < -0.39 is 9.84 Å². The quantitative estimate of drug-likeness (QED) is 0.492. The predicted octanol–water partition coefficient (Wildman–Crippen LogP) is 4.52. The summed E-state index contributed by atoms with van der Waals surface area (Å²) in [6, 6.07) is 12.5. The van der Waals surface area contributed by atoms with Crippen molar-refractivity contribution in [3.05, 3.63) is 65.4 Å². The number of fused-ring (bicyclic) bond motifs is 1. The first kappa shape index (κ1) is 22.2. The smallest absolute Gasteiger partial charge is 0.225 e. The van der Waals surface area contributed by atoms with Crippen LogP contribution < -0.4 is 9.64 Å². The summed E-state index contributed by atoms with van der Waals surface area (Å²) in [7, 11) is -3.21. The average molecular weight is 484 g/mol. The molecular weight excluding hydrogens is 458 g/mol. The molecule has 0 spiro atoms. The molecule has 0 bridgehead atoms. The number of aromatic nitrogens is 2. The normalized spacial score (nSPS) is 21.7. The van der Waals surface area contributed by atoms with Crippen molar-refractivity contribution in [3.63, 3.8) is 0 Å². The summed E-state index contributed by atoms with van der Waals surface area (Å²) >= 11 is 6.49. The van der Waals surface area contributed by atoms with Crippen molar-refractivity contribution < 1.29 is 13.2 Å². The molecule has 0 amide bonds. The molecular formula is C25H26ClN3O3S. The third-order valence-corrected chi connectivity index (χ3v) is 8.16. The Balaban J connectivity index is 1.16. The fourth-order valence-corrected chi connectivity index (χ4v) is 5.50. The minimum atomic E-state index is -3.21. The molecule has 1 aromatic heterocycles. The standard InChI is InChI=1S/C25H26ClN3O3S/c1-3-16-11-27-25(28-12-16)29-13-20-21(14-29)22(20)15-32-24-9-6-18(10-23(24)26)17-4-7-19(8-5-17)33(2,30)31/h4-12,20-22H,3,13-15H2,1-2H3/t20-,21?,22?/m1/s1. The number of nitrogens with zero attached hydrogens (tertiary/aromatic N) is 3. The summed E-state index contributed by atoms with van der Waals surface area (Å²) in [5.41, 5.74) is 2.98. The lowest BCUT2D eigenvalue weighted by atomic mass is 10.1. The molecule has 33 heavy (non-hydrogen) atoms. The molecule has 2 heterocycles. The monoisotopic (exact) mass is 483 g/mol. The summed E-state index contributed by atoms with van der Waals surface area (Å²) < 4.78 is 29.4. The first-order valence-corrected chi connectivity index (χ1v) is 13.4. The van der Waals surface area contributed by atoms with E-state index in [9.17, 15) is 8.42 Å². The summed E-state index contributed by atoms with van der Waals surface area (Å²) in [4.78, 5) is 11.6. The van der Waals surface area contributed by atoms with Gasteiger partial charge in [0.15, 0.2) is 9.84 Å². The molecule has 2 aromatic carbocycles. The Bertz CT molecular complexity index is 1250. The highest BCUT2D eigenvalue weighted by atomic mass is 35.5. The Morgan fingerprint density at radius 1 is 1.03 bits per heavy atom. The van der Waals surface area contributed by atoms with Crippen molar-refractivity contribution in [2.75, 3.05) is 30.9 Å². The number of halogens is 1. The lowest BCUT2D eigenvalue weighted by molar-refractivity contribution is 0.283. The Morgan fingerprint density at radius 3 is 2.24 bits per heavy atom. The Hall–Kier alpha value is -2.64. The molecule has 5 rings (SSSR count). The van der Waals surface area contributed by atoms with Crippen LogP contribution in [-0.2, 0) is 16.3 Å². The fraction of sp³-hybridized carbons (Fsp3) is 0.360. The van der Waals surface area contributed by atoms with Gasteiger partial charge in [-0.15, -0.1) is 0 Å². The summed E-state index contributed by atoms with van der Waals surface area (Å²) in [6.45, 7) is 4.70. The Kier molecular flexibility index (Phi) is 5.79. The Labute approximate surface area is 199 Å². The van der Waals surface area contributed by atoms with Crippen molar-refractivity contribution in [2.45, 2.75) is 18.2 Å².